The summed E-state index contributed by atoms with van der Waals surface area (Å²) < 4.78 is 13.7. The molecule has 1 aliphatic rings. The van der Waals surface area contributed by atoms with Gasteiger partial charge in [-0.1, -0.05) is 15.9 Å². The highest BCUT2D eigenvalue weighted by Gasteiger charge is 2.34. The Morgan fingerprint density at radius 2 is 2.11 bits per heavy atom. The molecule has 0 spiro atoms. The van der Waals surface area contributed by atoms with E-state index >= 15 is 0 Å². The molecule has 0 aromatic heterocycles. The first kappa shape index (κ1) is 13.0. The highest BCUT2D eigenvalue weighted by Crippen LogP contribution is 2.22. The molecule has 1 fully saturated rings. The largest absolute Gasteiger partial charge is 0.480 e. The molecule has 1 amide bonds. The van der Waals surface area contributed by atoms with Crippen LogP contribution in [0.25, 0.3) is 0 Å². The van der Waals surface area contributed by atoms with Crippen molar-refractivity contribution in [2.45, 2.75) is 18.9 Å². The highest BCUT2D eigenvalue weighted by molar-refractivity contribution is 9.10. The molecule has 4 nitrogen and oxygen atoms in total. The second-order valence-corrected chi connectivity index (χ2v) is 5.07. The first-order valence-electron chi connectivity index (χ1n) is 5.49. The van der Waals surface area contributed by atoms with E-state index in [4.69, 9.17) is 5.11 Å². The number of carboxylic acid groups (broad SMARTS) is 1. The van der Waals surface area contributed by atoms with Crippen LogP contribution >= 0.6 is 15.9 Å². The van der Waals surface area contributed by atoms with E-state index in [0.29, 0.717) is 23.9 Å². The van der Waals surface area contributed by atoms with Crippen LogP contribution in [0.2, 0.25) is 0 Å². The summed E-state index contributed by atoms with van der Waals surface area (Å²) in [5.41, 5.74) is 0.162. The second-order valence-electron chi connectivity index (χ2n) is 4.15. The molecule has 0 bridgehead atoms. The van der Waals surface area contributed by atoms with Crippen molar-refractivity contribution in [2.24, 2.45) is 0 Å². The van der Waals surface area contributed by atoms with Crippen LogP contribution in [0.5, 0.6) is 0 Å². The van der Waals surface area contributed by atoms with Crippen LogP contribution < -0.4 is 0 Å². The SMILES string of the molecule is O=C(O)[C@H]1CCCN1C(=O)c1cc(F)cc(Br)c1. The summed E-state index contributed by atoms with van der Waals surface area (Å²) in [6.45, 7) is 0.393. The van der Waals surface area contributed by atoms with E-state index in [1.165, 1.54) is 17.0 Å². The molecule has 0 aliphatic carbocycles. The zero-order valence-electron chi connectivity index (χ0n) is 9.40. The number of likely N-dealkylation sites (tertiary alicyclic amines) is 1. The van der Waals surface area contributed by atoms with Gasteiger partial charge in [-0.05, 0) is 31.0 Å². The van der Waals surface area contributed by atoms with Crippen LogP contribution in [0, 0.1) is 5.82 Å². The van der Waals surface area contributed by atoms with Gasteiger partial charge in [-0.15, -0.1) is 0 Å². The Bertz CT molecular complexity index is 486. The number of hydrogen-bond acceptors (Lipinski definition) is 2. The Morgan fingerprint density at radius 3 is 2.72 bits per heavy atom. The van der Waals surface area contributed by atoms with Crippen molar-refractivity contribution in [3.8, 4) is 0 Å². The van der Waals surface area contributed by atoms with Crippen molar-refractivity contribution in [1.29, 1.82) is 0 Å². The van der Waals surface area contributed by atoms with E-state index in [-0.39, 0.29) is 5.56 Å². The average Bonchev–Trinajstić information content (AvgIpc) is 2.75. The van der Waals surface area contributed by atoms with Crippen LogP contribution in [-0.4, -0.2) is 34.5 Å². The summed E-state index contributed by atoms with van der Waals surface area (Å²) in [7, 11) is 0. The van der Waals surface area contributed by atoms with E-state index < -0.39 is 23.7 Å². The number of carbonyl (C=O) groups excluding carboxylic acids is 1. The summed E-state index contributed by atoms with van der Waals surface area (Å²) in [4.78, 5) is 24.4. The molecule has 1 heterocycles. The molecular weight excluding hydrogens is 305 g/mol. The van der Waals surface area contributed by atoms with E-state index in [9.17, 15) is 14.0 Å². The second kappa shape index (κ2) is 5.06. The van der Waals surface area contributed by atoms with Crippen molar-refractivity contribution in [3.63, 3.8) is 0 Å². The Morgan fingerprint density at radius 1 is 1.39 bits per heavy atom. The lowest BCUT2D eigenvalue weighted by molar-refractivity contribution is -0.141. The van der Waals surface area contributed by atoms with Gasteiger partial charge in [0.2, 0.25) is 0 Å². The molecule has 1 N–H and O–H groups in total. The highest BCUT2D eigenvalue weighted by atomic mass is 79.9. The molecule has 0 radical (unpaired) electrons. The van der Waals surface area contributed by atoms with Gasteiger partial charge in [0.1, 0.15) is 11.9 Å². The van der Waals surface area contributed by atoms with Gasteiger partial charge < -0.3 is 10.0 Å². The quantitative estimate of drug-likeness (QED) is 0.911. The number of amides is 1. The minimum Gasteiger partial charge on any atom is -0.480 e. The molecular formula is C12H11BrFNO3. The topological polar surface area (TPSA) is 57.6 Å². The average molecular weight is 316 g/mol. The van der Waals surface area contributed by atoms with E-state index in [0.717, 1.165) is 6.07 Å². The monoisotopic (exact) mass is 315 g/mol. The Labute approximate surface area is 112 Å². The van der Waals surface area contributed by atoms with Crippen LogP contribution in [0.4, 0.5) is 4.39 Å². The molecule has 0 saturated carbocycles. The summed E-state index contributed by atoms with van der Waals surface area (Å²) in [6.07, 6.45) is 1.09. The maximum Gasteiger partial charge on any atom is 0.326 e. The Kier molecular flexibility index (Phi) is 3.65. The lowest BCUT2D eigenvalue weighted by Crippen LogP contribution is -2.40. The predicted molar refractivity (Wildman–Crippen MR) is 65.8 cm³/mol. The fraction of sp³-hybridized carbons (Fsp3) is 0.333. The lowest BCUT2D eigenvalue weighted by Gasteiger charge is -2.21. The molecule has 1 aromatic carbocycles. The number of carboxylic acids is 1. The zero-order chi connectivity index (χ0) is 13.3. The van der Waals surface area contributed by atoms with Crippen LogP contribution in [0.1, 0.15) is 23.2 Å². The van der Waals surface area contributed by atoms with Crippen molar-refractivity contribution in [1.82, 2.24) is 4.90 Å². The van der Waals surface area contributed by atoms with Gasteiger partial charge in [-0.2, -0.15) is 0 Å². The van der Waals surface area contributed by atoms with Gasteiger partial charge in [0.05, 0.1) is 0 Å². The first-order chi connectivity index (χ1) is 8.49. The van der Waals surface area contributed by atoms with E-state index in [1.807, 2.05) is 0 Å². The molecule has 0 unspecified atom stereocenters. The molecule has 2 rings (SSSR count). The van der Waals surface area contributed by atoms with Gasteiger partial charge >= 0.3 is 5.97 Å². The van der Waals surface area contributed by atoms with E-state index in [1.54, 1.807) is 0 Å². The molecule has 1 saturated heterocycles. The summed E-state index contributed by atoms with van der Waals surface area (Å²) in [6, 6.07) is 3.04. The predicted octanol–water partition coefficient (Wildman–Crippen LogP) is 2.28. The molecule has 1 aliphatic heterocycles. The fourth-order valence-corrected chi connectivity index (χ4v) is 2.57. The minimum atomic E-state index is -1.02. The van der Waals surface area contributed by atoms with Crippen LogP contribution in [0.15, 0.2) is 22.7 Å². The molecule has 1 aromatic rings. The standard InChI is InChI=1S/C12H11BrFNO3/c13-8-4-7(5-9(14)6-8)11(16)15-3-1-2-10(15)12(17)18/h4-6,10H,1-3H2,(H,17,18)/t10-/m1/s1. The Balaban J connectivity index is 2.28. The molecule has 6 heteroatoms. The van der Waals surface area contributed by atoms with Crippen LogP contribution in [-0.2, 0) is 4.79 Å². The normalized spacial score (nSPS) is 19.0. The van der Waals surface area contributed by atoms with Gasteiger partial charge in [-0.25, -0.2) is 9.18 Å². The number of halogens is 2. The maximum atomic E-state index is 13.2. The van der Waals surface area contributed by atoms with Gasteiger partial charge in [0, 0.05) is 16.6 Å². The number of rotatable bonds is 2. The van der Waals surface area contributed by atoms with Gasteiger partial charge in [0.25, 0.3) is 5.91 Å². The third kappa shape index (κ3) is 2.53. The number of hydrogen-bond donors (Lipinski definition) is 1. The molecule has 18 heavy (non-hydrogen) atoms. The summed E-state index contributed by atoms with van der Waals surface area (Å²) in [5.74, 6) is -1.99. The van der Waals surface area contributed by atoms with Crippen LogP contribution in [0.3, 0.4) is 0 Å². The third-order valence-electron chi connectivity index (χ3n) is 2.91. The number of benzene rings is 1. The number of nitrogens with zero attached hydrogens (tertiary/aromatic N) is 1. The number of carbonyl (C=O) groups is 2. The van der Waals surface area contributed by atoms with Crippen molar-refractivity contribution < 1.29 is 19.1 Å². The van der Waals surface area contributed by atoms with Crippen molar-refractivity contribution in [2.75, 3.05) is 6.54 Å². The van der Waals surface area contributed by atoms with Crippen molar-refractivity contribution >= 4 is 27.8 Å². The first-order valence-corrected chi connectivity index (χ1v) is 6.28. The molecule has 96 valence electrons. The molecule has 1 atom stereocenters. The van der Waals surface area contributed by atoms with E-state index in [2.05, 4.69) is 15.9 Å². The smallest absolute Gasteiger partial charge is 0.326 e. The zero-order valence-corrected chi connectivity index (χ0v) is 11.0. The maximum absolute atomic E-state index is 13.2. The minimum absolute atomic E-state index is 0.162. The van der Waals surface area contributed by atoms with Gasteiger partial charge in [-0.3, -0.25) is 4.79 Å². The van der Waals surface area contributed by atoms with Gasteiger partial charge in [0.15, 0.2) is 0 Å². The summed E-state index contributed by atoms with van der Waals surface area (Å²) in [5, 5.41) is 9.01. The van der Waals surface area contributed by atoms with Crippen molar-refractivity contribution in [3.05, 3.63) is 34.1 Å². The number of aliphatic carboxylic acids is 1. The Hall–Kier alpha value is -1.43. The summed E-state index contributed by atoms with van der Waals surface area (Å²) >= 11 is 3.11. The fourth-order valence-electron chi connectivity index (χ4n) is 2.11. The lowest BCUT2D eigenvalue weighted by atomic mass is 10.1. The third-order valence-corrected chi connectivity index (χ3v) is 3.37.